The minimum atomic E-state index is -4.06. The van der Waals surface area contributed by atoms with Crippen molar-refractivity contribution in [1.82, 2.24) is 14.5 Å². The summed E-state index contributed by atoms with van der Waals surface area (Å²) in [6.45, 7) is -0.156. The number of carbonyl (C=O) groups excluding carboxylic acids is 3. The Hall–Kier alpha value is -3.50. The standard InChI is InChI=1S/C32H34BrN3O5S/c33-25-17-15-24(16-18-25)22-35(30(37)19-20-36-32(39)27-13-7-8-14-29(27)42(36,40)41)28(21-23-9-3-1-4-10-23)31(38)34-26-11-5-2-6-12-26/h1,3-4,7-10,13-18,26,28H,2,5-6,11-12,19-22H2,(H,34,38)/t28-/m1/s1. The van der Waals surface area contributed by atoms with E-state index in [9.17, 15) is 22.8 Å². The quantitative estimate of drug-likeness (QED) is 0.330. The van der Waals surface area contributed by atoms with E-state index in [4.69, 9.17) is 0 Å². The van der Waals surface area contributed by atoms with E-state index in [1.807, 2.05) is 54.6 Å². The molecule has 5 rings (SSSR count). The maximum Gasteiger partial charge on any atom is 0.269 e. The van der Waals surface area contributed by atoms with Gasteiger partial charge in [0, 0.05) is 36.4 Å². The molecule has 1 heterocycles. The Morgan fingerprint density at radius 3 is 2.26 bits per heavy atom. The summed E-state index contributed by atoms with van der Waals surface area (Å²) in [5.74, 6) is -1.28. The Kier molecular flexibility index (Phi) is 9.43. The fourth-order valence-electron chi connectivity index (χ4n) is 5.68. The van der Waals surface area contributed by atoms with Gasteiger partial charge >= 0.3 is 0 Å². The molecule has 3 aromatic carbocycles. The molecule has 1 fully saturated rings. The monoisotopic (exact) mass is 651 g/mol. The highest BCUT2D eigenvalue weighted by Gasteiger charge is 2.41. The maximum absolute atomic E-state index is 14.0. The first-order chi connectivity index (χ1) is 20.2. The molecule has 0 radical (unpaired) electrons. The number of halogens is 1. The number of hydrogen-bond acceptors (Lipinski definition) is 5. The third-order valence-corrected chi connectivity index (χ3v) is 10.3. The molecule has 0 aromatic heterocycles. The van der Waals surface area contributed by atoms with Crippen LogP contribution in [0.5, 0.6) is 0 Å². The van der Waals surface area contributed by atoms with Gasteiger partial charge in [0.05, 0.1) is 5.56 Å². The summed E-state index contributed by atoms with van der Waals surface area (Å²) in [6, 6.07) is 22.3. The molecule has 0 unspecified atom stereocenters. The van der Waals surface area contributed by atoms with Gasteiger partial charge in [-0.1, -0.05) is 89.8 Å². The Balaban J connectivity index is 1.42. The molecule has 3 amide bonds. The molecule has 220 valence electrons. The first kappa shape index (κ1) is 30.0. The highest BCUT2D eigenvalue weighted by Crippen LogP contribution is 2.30. The average molecular weight is 653 g/mol. The number of hydrogen-bond donors (Lipinski definition) is 1. The molecule has 42 heavy (non-hydrogen) atoms. The third kappa shape index (κ3) is 6.76. The average Bonchev–Trinajstić information content (AvgIpc) is 3.19. The highest BCUT2D eigenvalue weighted by atomic mass is 79.9. The predicted molar refractivity (Wildman–Crippen MR) is 163 cm³/mol. The molecule has 0 saturated heterocycles. The minimum absolute atomic E-state index is 0.0528. The number of nitrogens with one attached hydrogen (secondary N) is 1. The van der Waals surface area contributed by atoms with E-state index in [2.05, 4.69) is 21.2 Å². The lowest BCUT2D eigenvalue weighted by Crippen LogP contribution is -2.53. The molecule has 1 atom stereocenters. The minimum Gasteiger partial charge on any atom is -0.352 e. The summed E-state index contributed by atoms with van der Waals surface area (Å²) < 4.78 is 27.9. The van der Waals surface area contributed by atoms with Crippen LogP contribution in [0.25, 0.3) is 0 Å². The van der Waals surface area contributed by atoms with Gasteiger partial charge in [-0.15, -0.1) is 0 Å². The molecular formula is C32H34BrN3O5S. The number of nitrogens with zero attached hydrogens (tertiary/aromatic N) is 2. The lowest BCUT2D eigenvalue weighted by atomic mass is 9.94. The lowest BCUT2D eigenvalue weighted by Gasteiger charge is -2.34. The van der Waals surface area contributed by atoms with Crippen LogP contribution in [0.15, 0.2) is 88.2 Å². The fourth-order valence-corrected chi connectivity index (χ4v) is 7.51. The molecule has 1 aliphatic heterocycles. The molecule has 1 aliphatic carbocycles. The van der Waals surface area contributed by atoms with Gasteiger partial charge in [0.25, 0.3) is 15.9 Å². The van der Waals surface area contributed by atoms with E-state index in [1.165, 1.54) is 17.0 Å². The van der Waals surface area contributed by atoms with Crippen LogP contribution in [0, 0.1) is 0 Å². The Labute approximate surface area is 255 Å². The SMILES string of the molecule is O=C(NC1CCCCC1)[C@@H](Cc1ccccc1)N(Cc1ccc(Br)cc1)C(=O)CCN1C(=O)c2ccccc2S1(=O)=O. The third-order valence-electron chi connectivity index (χ3n) is 7.93. The van der Waals surface area contributed by atoms with Gasteiger partial charge in [-0.25, -0.2) is 12.7 Å². The van der Waals surface area contributed by atoms with Gasteiger partial charge in [-0.3, -0.25) is 14.4 Å². The van der Waals surface area contributed by atoms with Crippen molar-refractivity contribution in [2.45, 2.75) is 68.5 Å². The van der Waals surface area contributed by atoms with Gasteiger partial charge in [-0.05, 0) is 48.2 Å². The molecule has 8 nitrogen and oxygen atoms in total. The van der Waals surface area contributed by atoms with Gasteiger partial charge in [0.2, 0.25) is 11.8 Å². The number of carbonyl (C=O) groups is 3. The van der Waals surface area contributed by atoms with E-state index in [-0.39, 0.29) is 41.9 Å². The van der Waals surface area contributed by atoms with E-state index in [1.54, 1.807) is 12.1 Å². The molecule has 10 heteroatoms. The van der Waals surface area contributed by atoms with Crippen LogP contribution in [-0.2, 0) is 32.6 Å². The lowest BCUT2D eigenvalue weighted by molar-refractivity contribution is -0.141. The number of benzene rings is 3. The van der Waals surface area contributed by atoms with E-state index < -0.39 is 27.9 Å². The smallest absolute Gasteiger partial charge is 0.269 e. The van der Waals surface area contributed by atoms with Crippen molar-refractivity contribution in [2.75, 3.05) is 6.54 Å². The van der Waals surface area contributed by atoms with Gasteiger partial charge in [0.15, 0.2) is 0 Å². The summed E-state index contributed by atoms with van der Waals surface area (Å²) in [5.41, 5.74) is 1.83. The second-order valence-corrected chi connectivity index (χ2v) is 13.6. The highest BCUT2D eigenvalue weighted by molar-refractivity contribution is 9.10. The first-order valence-electron chi connectivity index (χ1n) is 14.3. The van der Waals surface area contributed by atoms with Crippen LogP contribution in [0.1, 0.15) is 60.0 Å². The summed E-state index contributed by atoms with van der Waals surface area (Å²) >= 11 is 3.44. The molecule has 2 aliphatic rings. The van der Waals surface area contributed by atoms with Crippen LogP contribution < -0.4 is 5.32 Å². The van der Waals surface area contributed by atoms with E-state index in [0.29, 0.717) is 6.42 Å². The second-order valence-electron chi connectivity index (χ2n) is 10.8. The van der Waals surface area contributed by atoms with E-state index in [0.717, 1.165) is 52.0 Å². The van der Waals surface area contributed by atoms with Crippen LogP contribution in [0.2, 0.25) is 0 Å². The predicted octanol–water partition coefficient (Wildman–Crippen LogP) is 5.07. The number of amides is 3. The van der Waals surface area contributed by atoms with E-state index >= 15 is 0 Å². The van der Waals surface area contributed by atoms with Crippen molar-refractivity contribution in [3.05, 3.63) is 100 Å². The zero-order chi connectivity index (χ0) is 29.7. The number of fused-ring (bicyclic) bond motifs is 1. The number of rotatable bonds is 10. The van der Waals surface area contributed by atoms with Crippen molar-refractivity contribution >= 4 is 43.7 Å². The Morgan fingerprint density at radius 2 is 1.57 bits per heavy atom. The van der Waals surface area contributed by atoms with Crippen molar-refractivity contribution < 1.29 is 22.8 Å². The van der Waals surface area contributed by atoms with Gasteiger partial charge in [0.1, 0.15) is 10.9 Å². The molecule has 3 aromatic rings. The summed E-state index contributed by atoms with van der Waals surface area (Å²) in [4.78, 5) is 42.4. The maximum atomic E-state index is 14.0. The zero-order valence-electron chi connectivity index (χ0n) is 23.2. The van der Waals surface area contributed by atoms with Crippen LogP contribution in [-0.4, -0.2) is 54.0 Å². The normalized spacial score (nSPS) is 17.0. The summed E-state index contributed by atoms with van der Waals surface area (Å²) in [5, 5.41) is 3.20. The van der Waals surface area contributed by atoms with Gasteiger partial charge < -0.3 is 10.2 Å². The number of sulfonamides is 1. The summed E-state index contributed by atoms with van der Waals surface area (Å²) in [6.07, 6.45) is 5.11. The molecular weight excluding hydrogens is 618 g/mol. The van der Waals surface area contributed by atoms with Crippen molar-refractivity contribution in [3.8, 4) is 0 Å². The largest absolute Gasteiger partial charge is 0.352 e. The topological polar surface area (TPSA) is 104 Å². The van der Waals surface area contributed by atoms with Crippen molar-refractivity contribution in [3.63, 3.8) is 0 Å². The molecule has 1 N–H and O–H groups in total. The van der Waals surface area contributed by atoms with Crippen LogP contribution in [0.3, 0.4) is 0 Å². The molecule has 0 bridgehead atoms. The zero-order valence-corrected chi connectivity index (χ0v) is 25.6. The fraction of sp³-hybridized carbons (Fsp3) is 0.344. The Morgan fingerprint density at radius 1 is 0.905 bits per heavy atom. The second kappa shape index (κ2) is 13.2. The van der Waals surface area contributed by atoms with Gasteiger partial charge in [-0.2, -0.15) is 0 Å². The van der Waals surface area contributed by atoms with Crippen molar-refractivity contribution in [1.29, 1.82) is 0 Å². The van der Waals surface area contributed by atoms with Crippen LogP contribution in [0.4, 0.5) is 0 Å². The molecule has 0 spiro atoms. The first-order valence-corrected chi connectivity index (χ1v) is 16.5. The molecule has 1 saturated carbocycles. The van der Waals surface area contributed by atoms with Crippen LogP contribution >= 0.6 is 15.9 Å². The Bertz CT molecular complexity index is 1540. The summed E-state index contributed by atoms with van der Waals surface area (Å²) in [7, 11) is -4.06. The van der Waals surface area contributed by atoms with Crippen molar-refractivity contribution in [2.24, 2.45) is 0 Å².